The van der Waals surface area contributed by atoms with E-state index in [2.05, 4.69) is 12.2 Å². The van der Waals surface area contributed by atoms with Gasteiger partial charge in [0.15, 0.2) is 0 Å². The van der Waals surface area contributed by atoms with Crippen LogP contribution in [0.25, 0.3) is 0 Å². The van der Waals surface area contributed by atoms with Gasteiger partial charge in [0.25, 0.3) is 0 Å². The summed E-state index contributed by atoms with van der Waals surface area (Å²) in [5.74, 6) is 0.738. The van der Waals surface area contributed by atoms with Crippen LogP contribution >= 0.6 is 0 Å². The summed E-state index contributed by atoms with van der Waals surface area (Å²) < 4.78 is 0. The van der Waals surface area contributed by atoms with Crippen molar-refractivity contribution in [1.29, 1.82) is 0 Å². The molecule has 0 bridgehead atoms. The maximum absolute atomic E-state index is 11.5. The molecule has 1 aliphatic carbocycles. The number of carbonyl (C=O) groups is 1. The van der Waals surface area contributed by atoms with Gasteiger partial charge in [-0.25, -0.2) is 0 Å². The van der Waals surface area contributed by atoms with Gasteiger partial charge < -0.3 is 16.0 Å². The molecule has 3 N–H and O–H groups in total. The predicted octanol–water partition coefficient (Wildman–Crippen LogP) is -0.844. The van der Waals surface area contributed by atoms with Gasteiger partial charge in [-0.3, -0.25) is 4.79 Å². The van der Waals surface area contributed by atoms with Gasteiger partial charge in [0.2, 0.25) is 5.91 Å². The van der Waals surface area contributed by atoms with Crippen LogP contribution in [-0.2, 0) is 4.79 Å². The van der Waals surface area contributed by atoms with Crippen molar-refractivity contribution >= 4 is 5.91 Å². The summed E-state index contributed by atoms with van der Waals surface area (Å²) in [6, 6.07) is 0. The van der Waals surface area contributed by atoms with Crippen molar-refractivity contribution in [1.82, 2.24) is 10.2 Å². The molecule has 0 aromatic rings. The molecule has 1 amide bonds. The molecule has 0 aromatic heterocycles. The number of piperazine rings is 1. The molecule has 2 fully saturated rings. The number of hydrogen-bond donors (Lipinski definition) is 2. The third kappa shape index (κ3) is 1.25. The molecule has 2 aliphatic rings. The van der Waals surface area contributed by atoms with Gasteiger partial charge in [0.1, 0.15) is 0 Å². The highest BCUT2D eigenvalue weighted by molar-refractivity contribution is 5.79. The van der Waals surface area contributed by atoms with Crippen LogP contribution in [0.15, 0.2) is 0 Å². The summed E-state index contributed by atoms with van der Waals surface area (Å²) in [5, 5.41) is 3.34. The average molecular weight is 183 g/mol. The molecule has 1 saturated carbocycles. The Morgan fingerprint density at radius 3 is 3.00 bits per heavy atom. The van der Waals surface area contributed by atoms with Crippen molar-refractivity contribution in [2.24, 2.45) is 11.7 Å². The van der Waals surface area contributed by atoms with E-state index in [1.54, 1.807) is 0 Å². The highest BCUT2D eigenvalue weighted by Crippen LogP contribution is 2.48. The standard InChI is InChI=1S/C9H17N3O/c1-7-4-9(7)6-11-2-3-12(9)8(13)5-10/h7,11H,2-6,10H2,1H3. The average Bonchev–Trinajstić information content (AvgIpc) is 2.77. The van der Waals surface area contributed by atoms with E-state index in [1.165, 1.54) is 0 Å². The topological polar surface area (TPSA) is 58.4 Å². The number of nitrogens with two attached hydrogens (primary N) is 1. The van der Waals surface area contributed by atoms with Crippen molar-refractivity contribution in [2.45, 2.75) is 18.9 Å². The Labute approximate surface area is 78.5 Å². The molecule has 4 nitrogen and oxygen atoms in total. The number of rotatable bonds is 1. The number of amides is 1. The lowest BCUT2D eigenvalue weighted by atomic mass is 10.1. The maximum Gasteiger partial charge on any atom is 0.236 e. The Hall–Kier alpha value is -0.610. The molecule has 2 rings (SSSR count). The smallest absolute Gasteiger partial charge is 0.236 e. The Morgan fingerprint density at radius 2 is 2.46 bits per heavy atom. The van der Waals surface area contributed by atoms with Crippen LogP contribution in [0, 0.1) is 5.92 Å². The second-order valence-electron chi connectivity index (χ2n) is 4.14. The minimum Gasteiger partial charge on any atom is -0.333 e. The van der Waals surface area contributed by atoms with E-state index in [0.717, 1.165) is 26.1 Å². The Morgan fingerprint density at radius 1 is 1.77 bits per heavy atom. The second-order valence-corrected chi connectivity index (χ2v) is 4.14. The maximum atomic E-state index is 11.5. The number of hydrogen-bond acceptors (Lipinski definition) is 3. The number of nitrogens with one attached hydrogen (secondary N) is 1. The lowest BCUT2D eigenvalue weighted by Crippen LogP contribution is -2.57. The van der Waals surface area contributed by atoms with Crippen molar-refractivity contribution < 1.29 is 4.79 Å². The first-order valence-electron chi connectivity index (χ1n) is 4.92. The van der Waals surface area contributed by atoms with Crippen LogP contribution in [0.3, 0.4) is 0 Å². The van der Waals surface area contributed by atoms with E-state index in [9.17, 15) is 4.79 Å². The van der Waals surface area contributed by atoms with Crippen molar-refractivity contribution in [3.8, 4) is 0 Å². The molecular formula is C9H17N3O. The number of carbonyl (C=O) groups excluding carboxylic acids is 1. The molecule has 1 spiro atoms. The predicted molar refractivity (Wildman–Crippen MR) is 50.1 cm³/mol. The molecule has 0 radical (unpaired) electrons. The van der Waals surface area contributed by atoms with E-state index < -0.39 is 0 Å². The van der Waals surface area contributed by atoms with Gasteiger partial charge in [-0.2, -0.15) is 0 Å². The summed E-state index contributed by atoms with van der Waals surface area (Å²) in [6.45, 7) is 5.01. The van der Waals surface area contributed by atoms with Gasteiger partial charge in [-0.15, -0.1) is 0 Å². The van der Waals surface area contributed by atoms with Crippen molar-refractivity contribution in [3.05, 3.63) is 0 Å². The van der Waals surface area contributed by atoms with Gasteiger partial charge in [-0.05, 0) is 12.3 Å². The van der Waals surface area contributed by atoms with E-state index in [0.29, 0.717) is 5.92 Å². The van der Waals surface area contributed by atoms with Gasteiger partial charge in [-0.1, -0.05) is 6.92 Å². The van der Waals surface area contributed by atoms with Gasteiger partial charge in [0.05, 0.1) is 12.1 Å². The van der Waals surface area contributed by atoms with Crippen LogP contribution < -0.4 is 11.1 Å². The number of nitrogens with zero attached hydrogens (tertiary/aromatic N) is 1. The van der Waals surface area contributed by atoms with Crippen LogP contribution in [0.2, 0.25) is 0 Å². The Kier molecular flexibility index (Phi) is 2.04. The lowest BCUT2D eigenvalue weighted by molar-refractivity contribution is -0.134. The molecule has 1 aliphatic heterocycles. The van der Waals surface area contributed by atoms with E-state index in [1.807, 2.05) is 4.90 Å². The zero-order valence-corrected chi connectivity index (χ0v) is 8.05. The van der Waals surface area contributed by atoms with Crippen molar-refractivity contribution in [2.75, 3.05) is 26.2 Å². The zero-order chi connectivity index (χ0) is 9.47. The van der Waals surface area contributed by atoms with E-state index >= 15 is 0 Å². The molecule has 2 atom stereocenters. The normalized spacial score (nSPS) is 38.0. The molecule has 2 unspecified atom stereocenters. The fourth-order valence-corrected chi connectivity index (χ4v) is 2.39. The largest absolute Gasteiger partial charge is 0.333 e. The monoisotopic (exact) mass is 183 g/mol. The molecule has 0 aromatic carbocycles. The molecule has 74 valence electrons. The third-order valence-corrected chi connectivity index (χ3v) is 3.37. The summed E-state index contributed by atoms with van der Waals surface area (Å²) in [4.78, 5) is 13.5. The summed E-state index contributed by atoms with van der Waals surface area (Å²) in [6.07, 6.45) is 1.13. The highest BCUT2D eigenvalue weighted by Gasteiger charge is 2.57. The SMILES string of the molecule is CC1CC12CNCCN2C(=O)CN. The first kappa shape index (κ1) is 8.97. The van der Waals surface area contributed by atoms with Crippen LogP contribution in [0.1, 0.15) is 13.3 Å². The summed E-state index contributed by atoms with van der Waals surface area (Å²) >= 11 is 0. The molecule has 1 heterocycles. The van der Waals surface area contributed by atoms with Gasteiger partial charge in [0, 0.05) is 19.6 Å². The van der Waals surface area contributed by atoms with Crippen molar-refractivity contribution in [3.63, 3.8) is 0 Å². The minimum atomic E-state index is 0.103. The molecule has 1 saturated heterocycles. The first-order valence-corrected chi connectivity index (χ1v) is 4.92. The highest BCUT2D eigenvalue weighted by atomic mass is 16.2. The Balaban J connectivity index is 2.11. The van der Waals surface area contributed by atoms with E-state index in [4.69, 9.17) is 5.73 Å². The lowest BCUT2D eigenvalue weighted by Gasteiger charge is -2.37. The van der Waals surface area contributed by atoms with Crippen LogP contribution in [-0.4, -0.2) is 42.5 Å². The zero-order valence-electron chi connectivity index (χ0n) is 8.05. The third-order valence-electron chi connectivity index (χ3n) is 3.37. The summed E-state index contributed by atoms with van der Waals surface area (Å²) in [5.41, 5.74) is 5.51. The minimum absolute atomic E-state index is 0.103. The fourth-order valence-electron chi connectivity index (χ4n) is 2.39. The van der Waals surface area contributed by atoms with Crippen LogP contribution in [0.4, 0.5) is 0 Å². The Bertz CT molecular complexity index is 231. The first-order chi connectivity index (χ1) is 6.20. The fraction of sp³-hybridized carbons (Fsp3) is 0.889. The molecule has 13 heavy (non-hydrogen) atoms. The van der Waals surface area contributed by atoms with Crippen LogP contribution in [0.5, 0.6) is 0 Å². The second kappa shape index (κ2) is 2.96. The quantitative estimate of drug-likeness (QED) is 0.557. The van der Waals surface area contributed by atoms with Gasteiger partial charge >= 0.3 is 0 Å². The van der Waals surface area contributed by atoms with E-state index in [-0.39, 0.29) is 18.0 Å². The molecular weight excluding hydrogens is 166 g/mol. The molecule has 4 heteroatoms. The summed E-state index contributed by atoms with van der Waals surface area (Å²) in [7, 11) is 0.